The van der Waals surface area contributed by atoms with Gasteiger partial charge in [0.25, 0.3) is 5.91 Å². The minimum absolute atomic E-state index is 0.0328. The van der Waals surface area contributed by atoms with Gasteiger partial charge in [0.15, 0.2) is 4.34 Å². The van der Waals surface area contributed by atoms with Gasteiger partial charge in [-0.2, -0.15) is 0 Å². The maximum atomic E-state index is 13.0. The van der Waals surface area contributed by atoms with Gasteiger partial charge >= 0.3 is 11.9 Å². The summed E-state index contributed by atoms with van der Waals surface area (Å²) in [5, 5.41) is 12.4. The normalized spacial score (nSPS) is 10.9. The van der Waals surface area contributed by atoms with Crippen LogP contribution in [0.3, 0.4) is 0 Å². The zero-order valence-corrected chi connectivity index (χ0v) is 24.0. The lowest BCUT2D eigenvalue weighted by Gasteiger charge is -2.14. The Bertz CT molecular complexity index is 1250. The van der Waals surface area contributed by atoms with Gasteiger partial charge in [-0.3, -0.25) is 9.59 Å². The fourth-order valence-corrected chi connectivity index (χ4v) is 6.98. The highest BCUT2D eigenvalue weighted by molar-refractivity contribution is 9.15. The van der Waals surface area contributed by atoms with E-state index < -0.39 is 11.9 Å². The number of carboxylic acids is 1. The van der Waals surface area contributed by atoms with Crippen molar-refractivity contribution in [3.05, 3.63) is 47.2 Å². The molecule has 7 nitrogen and oxygen atoms in total. The molecule has 168 valence electrons. The molecule has 0 spiro atoms. The van der Waals surface area contributed by atoms with E-state index in [0.717, 1.165) is 10.2 Å². The van der Waals surface area contributed by atoms with Crippen LogP contribution < -0.4 is 5.32 Å². The lowest BCUT2D eigenvalue weighted by Crippen LogP contribution is -2.18. The van der Waals surface area contributed by atoms with Crippen LogP contribution in [0.4, 0.5) is 5.69 Å². The molecule has 32 heavy (non-hydrogen) atoms. The Labute approximate surface area is 224 Å². The predicted octanol–water partition coefficient (Wildman–Crippen LogP) is 6.95. The smallest absolute Gasteiger partial charge is 0.337 e. The first kappa shape index (κ1) is 25.6. The number of rotatable bonds is 7. The molecule has 0 unspecified atom stereocenters. The maximum absolute atomic E-state index is 13.0. The lowest BCUT2D eigenvalue weighted by molar-refractivity contribution is -0.139. The number of benzene rings is 2. The van der Waals surface area contributed by atoms with Crippen LogP contribution in [0.5, 0.6) is 0 Å². The molecule has 1 aromatic heterocycles. The number of ether oxygens (including phenoxy) is 1. The molecule has 13 heteroatoms. The summed E-state index contributed by atoms with van der Waals surface area (Å²) in [5.74, 6) is -1.99. The molecule has 1 heterocycles. The van der Waals surface area contributed by atoms with Crippen LogP contribution >= 0.6 is 86.8 Å². The molecule has 0 radical (unpaired) electrons. The summed E-state index contributed by atoms with van der Waals surface area (Å²) in [4.78, 5) is 40.9. The first-order valence-corrected chi connectivity index (χ1v) is 13.7. The number of aromatic carboxylic acids is 1. The average molecular weight is 732 g/mol. The van der Waals surface area contributed by atoms with Gasteiger partial charge in [0.2, 0.25) is 0 Å². The van der Waals surface area contributed by atoms with E-state index in [4.69, 9.17) is 4.74 Å². The summed E-state index contributed by atoms with van der Waals surface area (Å²) >= 11 is 15.9. The van der Waals surface area contributed by atoms with Gasteiger partial charge in [0.1, 0.15) is 0 Å². The minimum Gasteiger partial charge on any atom is -0.478 e. The number of hydrogen-bond donors (Lipinski definition) is 2. The molecule has 3 aromatic rings. The minimum atomic E-state index is -1.25. The first-order valence-electron chi connectivity index (χ1n) is 8.73. The number of carbonyl (C=O) groups is 3. The Morgan fingerprint density at radius 1 is 1.09 bits per heavy atom. The van der Waals surface area contributed by atoms with E-state index in [1.807, 2.05) is 0 Å². The summed E-state index contributed by atoms with van der Waals surface area (Å²) < 4.78 is 7.95. The maximum Gasteiger partial charge on any atom is 0.337 e. The fourth-order valence-electron chi connectivity index (χ4n) is 2.61. The van der Waals surface area contributed by atoms with Crippen molar-refractivity contribution >= 4 is 121 Å². The van der Waals surface area contributed by atoms with Crippen LogP contribution in [0.15, 0.2) is 40.4 Å². The number of nitrogens with zero attached hydrogens (tertiary/aromatic N) is 1. The Kier molecular flexibility index (Phi) is 8.78. The average Bonchev–Trinajstić information content (AvgIpc) is 3.15. The quantitative estimate of drug-likeness (QED) is 0.117. The number of esters is 1. The van der Waals surface area contributed by atoms with Crippen molar-refractivity contribution in [2.24, 2.45) is 0 Å². The highest BCUT2D eigenvalue weighted by Crippen LogP contribution is 2.42. The van der Waals surface area contributed by atoms with Gasteiger partial charge < -0.3 is 15.2 Å². The van der Waals surface area contributed by atoms with Gasteiger partial charge in [-0.25, -0.2) is 9.78 Å². The molecule has 1 amide bonds. The summed E-state index contributed by atoms with van der Waals surface area (Å²) in [6.45, 7) is 2.08. The number of fused-ring (bicyclic) bond motifs is 1. The van der Waals surface area contributed by atoms with E-state index in [0.29, 0.717) is 30.1 Å². The number of carboxylic acid groups (broad SMARTS) is 1. The molecule has 2 aromatic carbocycles. The molecule has 0 saturated carbocycles. The van der Waals surface area contributed by atoms with Gasteiger partial charge in [0.05, 0.1) is 33.7 Å². The van der Waals surface area contributed by atoms with Crippen molar-refractivity contribution in [3.63, 3.8) is 0 Å². The van der Waals surface area contributed by atoms with Crippen molar-refractivity contribution < 1.29 is 24.2 Å². The summed E-state index contributed by atoms with van der Waals surface area (Å²) in [6.07, 6.45) is 0. The van der Waals surface area contributed by atoms with Crippen molar-refractivity contribution in [3.8, 4) is 0 Å². The zero-order chi connectivity index (χ0) is 23.6. The first-order chi connectivity index (χ1) is 15.1. The third-order valence-corrected chi connectivity index (χ3v) is 10.9. The van der Waals surface area contributed by atoms with Crippen molar-refractivity contribution in [1.29, 1.82) is 0 Å². The molecular formula is C19H12Br4N2O5S2. The van der Waals surface area contributed by atoms with Gasteiger partial charge in [-0.15, -0.1) is 11.3 Å². The van der Waals surface area contributed by atoms with E-state index in [-0.39, 0.29) is 27.3 Å². The Hall–Kier alpha value is -0.990. The standard InChI is InChI=1S/C19H12Br4N2O5S2/c1-2-30-10(26)6-31-19-25-8-4-3-7(5-9(8)32-19)24-17(27)11-12(18(28)29)14(21)16(23)15(22)13(11)20/h3-5H,2,6H2,1H3,(H,24,27)(H,28,29). The van der Waals surface area contributed by atoms with Gasteiger partial charge in [-0.05, 0) is 88.8 Å². The largest absolute Gasteiger partial charge is 0.478 e. The number of thiazole rings is 1. The van der Waals surface area contributed by atoms with Crippen LogP contribution in [0.1, 0.15) is 27.6 Å². The second kappa shape index (κ2) is 11.0. The second-order valence-corrected chi connectivity index (χ2v) is 11.4. The summed E-state index contributed by atoms with van der Waals surface area (Å²) in [6, 6.07) is 5.17. The Morgan fingerprint density at radius 2 is 1.75 bits per heavy atom. The third kappa shape index (κ3) is 5.55. The molecule has 0 saturated heterocycles. The topological polar surface area (TPSA) is 106 Å². The van der Waals surface area contributed by atoms with E-state index in [1.165, 1.54) is 23.1 Å². The summed E-state index contributed by atoms with van der Waals surface area (Å²) in [5.41, 5.74) is 0.989. The van der Waals surface area contributed by atoms with E-state index in [1.54, 1.807) is 25.1 Å². The van der Waals surface area contributed by atoms with E-state index in [9.17, 15) is 19.5 Å². The number of carbonyl (C=O) groups excluding carboxylic acids is 2. The van der Waals surface area contributed by atoms with Crippen LogP contribution in [-0.2, 0) is 9.53 Å². The highest BCUT2D eigenvalue weighted by Gasteiger charge is 2.28. The van der Waals surface area contributed by atoms with Crippen LogP contribution in [0.25, 0.3) is 10.2 Å². The molecule has 2 N–H and O–H groups in total. The molecule has 0 aliphatic carbocycles. The number of amides is 1. The molecule has 0 aliphatic heterocycles. The Morgan fingerprint density at radius 3 is 2.38 bits per heavy atom. The van der Waals surface area contributed by atoms with E-state index >= 15 is 0 Å². The number of thioether (sulfide) groups is 1. The second-order valence-electron chi connectivity index (χ2n) is 6.02. The Balaban J connectivity index is 1.88. The summed E-state index contributed by atoms with van der Waals surface area (Å²) in [7, 11) is 0. The number of aromatic nitrogens is 1. The molecular weight excluding hydrogens is 720 g/mol. The van der Waals surface area contributed by atoms with E-state index in [2.05, 4.69) is 74.0 Å². The number of anilines is 1. The monoisotopic (exact) mass is 728 g/mol. The number of halogens is 4. The van der Waals surface area contributed by atoms with Crippen LogP contribution in [0, 0.1) is 0 Å². The highest BCUT2D eigenvalue weighted by atomic mass is 79.9. The van der Waals surface area contributed by atoms with Crippen molar-refractivity contribution in [2.45, 2.75) is 11.3 Å². The van der Waals surface area contributed by atoms with Crippen molar-refractivity contribution in [1.82, 2.24) is 4.98 Å². The molecule has 3 rings (SSSR count). The van der Waals surface area contributed by atoms with Gasteiger partial charge in [0, 0.05) is 23.6 Å². The van der Waals surface area contributed by atoms with Gasteiger partial charge in [-0.1, -0.05) is 11.8 Å². The SMILES string of the molecule is CCOC(=O)CSc1nc2ccc(NC(=O)c3c(Br)c(Br)c(Br)c(Br)c3C(=O)O)cc2s1. The van der Waals surface area contributed by atoms with Crippen molar-refractivity contribution in [2.75, 3.05) is 17.7 Å². The number of nitrogens with one attached hydrogen (secondary N) is 1. The molecule has 0 bridgehead atoms. The fraction of sp³-hybridized carbons (Fsp3) is 0.158. The lowest BCUT2D eigenvalue weighted by atomic mass is 10.1. The third-order valence-electron chi connectivity index (χ3n) is 3.95. The molecule has 0 atom stereocenters. The van der Waals surface area contributed by atoms with Crippen LogP contribution in [-0.4, -0.2) is 40.3 Å². The van der Waals surface area contributed by atoms with Crippen LogP contribution in [0.2, 0.25) is 0 Å². The molecule has 0 aliphatic rings. The zero-order valence-electron chi connectivity index (χ0n) is 16.0. The predicted molar refractivity (Wildman–Crippen MR) is 139 cm³/mol. The molecule has 0 fully saturated rings. The number of hydrogen-bond acceptors (Lipinski definition) is 7.